The number of piperazine rings is 1. The standard InChI is InChI=1S/C33H47N3O5Si/c1-23-29(15-10-24-7-5-8-25(19-24)36-18-16-34-21-32(36)39)41-30(20-31(38)35-17-6-9-26(35)22-37)33(23)42(3,4)28-13-11-27(40-2)12-14-28/h5,7-8,11-14,19,23,26,29-30,33-34,37H,6,9-10,15-18,20-22H2,1-4H3/t23-,26+,29+,30-,33+/m1/s1. The molecule has 0 aliphatic carbocycles. The normalized spacial score (nSPS) is 26.6. The van der Waals surface area contributed by atoms with Gasteiger partial charge in [-0.1, -0.05) is 49.5 Å². The molecule has 9 heteroatoms. The van der Waals surface area contributed by atoms with Gasteiger partial charge in [0.15, 0.2) is 0 Å². The number of likely N-dealkylation sites (tertiary alicyclic amines) is 1. The van der Waals surface area contributed by atoms with E-state index >= 15 is 0 Å². The van der Waals surface area contributed by atoms with Gasteiger partial charge in [-0.05, 0) is 67.0 Å². The molecule has 0 unspecified atom stereocenters. The van der Waals surface area contributed by atoms with E-state index in [2.05, 4.69) is 49.6 Å². The SMILES string of the molecule is COc1ccc([Si](C)(C)[C@H]2[C@H](C)[C@H](CCc3cccc(N4CCNCC4=O)c3)O[C@@H]2CC(=O)N2CCC[C@H]2CO)cc1. The molecule has 2 N–H and O–H groups in total. The van der Waals surface area contributed by atoms with Gasteiger partial charge in [0.2, 0.25) is 11.8 Å². The number of anilines is 1. The summed E-state index contributed by atoms with van der Waals surface area (Å²) in [6, 6.07) is 16.7. The number of nitrogens with zero attached hydrogens (tertiary/aromatic N) is 2. The zero-order valence-electron chi connectivity index (χ0n) is 25.6. The third-order valence-electron chi connectivity index (χ3n) is 9.88. The van der Waals surface area contributed by atoms with E-state index in [1.165, 1.54) is 10.8 Å². The van der Waals surface area contributed by atoms with Gasteiger partial charge in [0.1, 0.15) is 5.75 Å². The molecule has 0 bridgehead atoms. The average molecular weight is 594 g/mol. The van der Waals surface area contributed by atoms with Crippen molar-refractivity contribution < 1.29 is 24.2 Å². The Bertz CT molecular complexity index is 1240. The largest absolute Gasteiger partial charge is 0.497 e. The molecule has 0 aromatic heterocycles. The first-order chi connectivity index (χ1) is 20.2. The van der Waals surface area contributed by atoms with Gasteiger partial charge in [-0.15, -0.1) is 0 Å². The first-order valence-corrected chi connectivity index (χ1v) is 18.6. The number of methoxy groups -OCH3 is 1. The van der Waals surface area contributed by atoms with Crippen molar-refractivity contribution in [2.75, 3.05) is 44.8 Å². The van der Waals surface area contributed by atoms with Crippen LogP contribution in [0.5, 0.6) is 5.75 Å². The summed E-state index contributed by atoms with van der Waals surface area (Å²) in [5, 5.41) is 14.3. The van der Waals surface area contributed by atoms with E-state index < -0.39 is 8.07 Å². The molecule has 3 saturated heterocycles. The van der Waals surface area contributed by atoms with E-state index in [1.54, 1.807) is 7.11 Å². The summed E-state index contributed by atoms with van der Waals surface area (Å²) in [6.45, 7) is 9.70. The molecule has 42 heavy (non-hydrogen) atoms. The van der Waals surface area contributed by atoms with Crippen LogP contribution >= 0.6 is 0 Å². The first-order valence-electron chi connectivity index (χ1n) is 15.5. The average Bonchev–Trinajstić information content (AvgIpc) is 3.60. The van der Waals surface area contributed by atoms with E-state index in [4.69, 9.17) is 9.47 Å². The number of aryl methyl sites for hydroxylation is 1. The molecule has 5 rings (SSSR count). The van der Waals surface area contributed by atoms with Crippen LogP contribution in [0.4, 0.5) is 5.69 Å². The number of amides is 2. The molecule has 228 valence electrons. The molecular weight excluding hydrogens is 546 g/mol. The number of carbonyl (C=O) groups excluding carboxylic acids is 2. The molecular formula is C33H47N3O5Si. The second-order valence-corrected chi connectivity index (χ2v) is 17.4. The summed E-state index contributed by atoms with van der Waals surface area (Å²) in [5.41, 5.74) is 2.41. The zero-order chi connectivity index (χ0) is 29.9. The fourth-order valence-corrected chi connectivity index (χ4v) is 11.6. The Labute approximate surface area is 251 Å². The number of aliphatic hydroxyl groups excluding tert-OH is 1. The number of benzene rings is 2. The van der Waals surface area contributed by atoms with Crippen molar-refractivity contribution in [3.05, 3.63) is 54.1 Å². The summed E-state index contributed by atoms with van der Waals surface area (Å²) >= 11 is 0. The maximum absolute atomic E-state index is 13.6. The number of nitrogens with one attached hydrogen (secondary N) is 1. The molecule has 0 spiro atoms. The number of hydrogen-bond donors (Lipinski definition) is 2. The van der Waals surface area contributed by atoms with Crippen LogP contribution in [0.25, 0.3) is 0 Å². The Morgan fingerprint density at radius 3 is 2.64 bits per heavy atom. The van der Waals surface area contributed by atoms with Crippen molar-refractivity contribution in [2.45, 2.75) is 75.9 Å². The minimum absolute atomic E-state index is 0.0183. The van der Waals surface area contributed by atoms with E-state index in [0.29, 0.717) is 26.1 Å². The Morgan fingerprint density at radius 2 is 1.93 bits per heavy atom. The number of rotatable bonds is 10. The molecule has 3 aliphatic rings. The maximum Gasteiger partial charge on any atom is 0.240 e. The summed E-state index contributed by atoms with van der Waals surface area (Å²) in [7, 11) is -0.393. The number of carbonyl (C=O) groups is 2. The molecule has 0 saturated carbocycles. The van der Waals surface area contributed by atoms with Crippen molar-refractivity contribution in [2.24, 2.45) is 5.92 Å². The molecule has 0 radical (unpaired) electrons. The van der Waals surface area contributed by atoms with E-state index in [-0.39, 0.29) is 48.1 Å². The van der Waals surface area contributed by atoms with Crippen LogP contribution in [0.3, 0.4) is 0 Å². The lowest BCUT2D eigenvalue weighted by Gasteiger charge is -2.36. The highest BCUT2D eigenvalue weighted by molar-refractivity contribution is 6.91. The highest BCUT2D eigenvalue weighted by atomic mass is 28.3. The smallest absolute Gasteiger partial charge is 0.240 e. The minimum Gasteiger partial charge on any atom is -0.497 e. The van der Waals surface area contributed by atoms with Gasteiger partial charge in [0.25, 0.3) is 0 Å². The summed E-state index contributed by atoms with van der Waals surface area (Å²) in [4.78, 5) is 29.8. The van der Waals surface area contributed by atoms with Crippen LogP contribution in [0.2, 0.25) is 18.6 Å². The Morgan fingerprint density at radius 1 is 1.14 bits per heavy atom. The van der Waals surface area contributed by atoms with Crippen LogP contribution in [-0.2, 0) is 20.7 Å². The molecule has 2 amide bonds. The second-order valence-electron chi connectivity index (χ2n) is 12.7. The Kier molecular flexibility index (Phi) is 9.72. The van der Waals surface area contributed by atoms with Crippen LogP contribution in [0.1, 0.15) is 38.2 Å². The van der Waals surface area contributed by atoms with Crippen LogP contribution in [-0.4, -0.2) is 88.0 Å². The summed E-state index contributed by atoms with van der Waals surface area (Å²) in [6.07, 6.45) is 3.74. The van der Waals surface area contributed by atoms with Crippen molar-refractivity contribution in [1.29, 1.82) is 0 Å². The van der Waals surface area contributed by atoms with Crippen molar-refractivity contribution in [3.63, 3.8) is 0 Å². The lowest BCUT2D eigenvalue weighted by atomic mass is 9.95. The van der Waals surface area contributed by atoms with Crippen molar-refractivity contribution in [1.82, 2.24) is 10.2 Å². The van der Waals surface area contributed by atoms with Gasteiger partial charge in [-0.2, -0.15) is 0 Å². The molecule has 2 aromatic carbocycles. The third kappa shape index (κ3) is 6.44. The molecule has 2 aromatic rings. The summed E-state index contributed by atoms with van der Waals surface area (Å²) in [5.74, 6) is 1.34. The lowest BCUT2D eigenvalue weighted by molar-refractivity contribution is -0.135. The van der Waals surface area contributed by atoms with Gasteiger partial charge in [0, 0.05) is 25.3 Å². The van der Waals surface area contributed by atoms with Gasteiger partial charge in [0.05, 0.1) is 53.0 Å². The second kappa shape index (κ2) is 13.3. The first kappa shape index (κ1) is 30.7. The summed E-state index contributed by atoms with van der Waals surface area (Å²) < 4.78 is 12.3. The van der Waals surface area contributed by atoms with Crippen LogP contribution < -0.4 is 20.1 Å². The topological polar surface area (TPSA) is 91.3 Å². The molecule has 3 heterocycles. The minimum atomic E-state index is -2.08. The predicted molar refractivity (Wildman–Crippen MR) is 168 cm³/mol. The van der Waals surface area contributed by atoms with E-state index in [0.717, 1.165) is 43.7 Å². The molecule has 3 aliphatic heterocycles. The fourth-order valence-electron chi connectivity index (χ4n) is 7.56. The van der Waals surface area contributed by atoms with Gasteiger partial charge >= 0.3 is 0 Å². The zero-order valence-corrected chi connectivity index (χ0v) is 26.6. The van der Waals surface area contributed by atoms with Gasteiger partial charge in [-0.3, -0.25) is 9.59 Å². The van der Waals surface area contributed by atoms with Crippen LogP contribution in [0, 0.1) is 5.92 Å². The maximum atomic E-state index is 13.6. The monoisotopic (exact) mass is 593 g/mol. The molecule has 3 fully saturated rings. The quantitative estimate of drug-likeness (QED) is 0.411. The molecule has 8 nitrogen and oxygen atoms in total. The Balaban J connectivity index is 1.34. The van der Waals surface area contributed by atoms with E-state index in [1.807, 2.05) is 34.1 Å². The predicted octanol–water partition coefficient (Wildman–Crippen LogP) is 3.33. The van der Waals surface area contributed by atoms with Crippen molar-refractivity contribution in [3.8, 4) is 5.75 Å². The number of hydrogen-bond acceptors (Lipinski definition) is 6. The molecule has 5 atom stereocenters. The van der Waals surface area contributed by atoms with Gasteiger partial charge in [-0.25, -0.2) is 0 Å². The number of ether oxygens (including phenoxy) is 2. The van der Waals surface area contributed by atoms with E-state index in [9.17, 15) is 14.7 Å². The van der Waals surface area contributed by atoms with Gasteiger partial charge < -0.3 is 29.7 Å². The highest BCUT2D eigenvalue weighted by Gasteiger charge is 2.51. The van der Waals surface area contributed by atoms with Crippen LogP contribution in [0.15, 0.2) is 48.5 Å². The highest BCUT2D eigenvalue weighted by Crippen LogP contribution is 2.46. The fraction of sp³-hybridized carbons (Fsp3) is 0.576. The number of aliphatic hydroxyl groups is 1. The Hall–Kier alpha value is -2.72. The third-order valence-corrected chi connectivity index (χ3v) is 14.3. The lowest BCUT2D eigenvalue weighted by Crippen LogP contribution is -2.51. The van der Waals surface area contributed by atoms with Crippen molar-refractivity contribution >= 4 is 30.8 Å².